The number of amides is 2. The standard InChI is InChI=1S/C17H20N2O3/c1-12(2)13-6-3-4-7-14(13)19-16(20)9-10-18-17(21)15-8-5-11-22-15/h3-8,11-12H,9-10H2,1-2H3,(H,18,21)(H,19,20). The van der Waals surface area contributed by atoms with Crippen LogP contribution in [-0.4, -0.2) is 18.4 Å². The van der Waals surface area contributed by atoms with Gasteiger partial charge in [0.05, 0.1) is 6.26 Å². The third kappa shape index (κ3) is 4.22. The Morgan fingerprint density at radius 2 is 1.91 bits per heavy atom. The number of hydrogen-bond acceptors (Lipinski definition) is 3. The van der Waals surface area contributed by atoms with Crippen molar-refractivity contribution < 1.29 is 14.0 Å². The van der Waals surface area contributed by atoms with E-state index < -0.39 is 0 Å². The molecule has 0 bridgehead atoms. The number of carbonyl (C=O) groups is 2. The van der Waals surface area contributed by atoms with E-state index in [0.29, 0.717) is 5.92 Å². The minimum Gasteiger partial charge on any atom is -0.459 e. The largest absolute Gasteiger partial charge is 0.459 e. The first-order chi connectivity index (χ1) is 10.6. The molecule has 5 heteroatoms. The van der Waals surface area contributed by atoms with E-state index in [1.807, 2.05) is 24.3 Å². The lowest BCUT2D eigenvalue weighted by molar-refractivity contribution is -0.116. The van der Waals surface area contributed by atoms with Crippen LogP contribution in [0.3, 0.4) is 0 Å². The molecular formula is C17H20N2O3. The van der Waals surface area contributed by atoms with Gasteiger partial charge in [0, 0.05) is 18.7 Å². The Morgan fingerprint density at radius 1 is 1.14 bits per heavy atom. The van der Waals surface area contributed by atoms with Crippen molar-refractivity contribution in [3.8, 4) is 0 Å². The fourth-order valence-electron chi connectivity index (χ4n) is 2.11. The van der Waals surface area contributed by atoms with Crippen LogP contribution >= 0.6 is 0 Å². The fraction of sp³-hybridized carbons (Fsp3) is 0.294. The number of para-hydroxylation sites is 1. The maximum absolute atomic E-state index is 12.0. The molecule has 0 aliphatic rings. The lowest BCUT2D eigenvalue weighted by Crippen LogP contribution is -2.27. The van der Waals surface area contributed by atoms with Gasteiger partial charge in [0.1, 0.15) is 0 Å². The molecule has 2 aromatic rings. The van der Waals surface area contributed by atoms with Crippen molar-refractivity contribution in [2.24, 2.45) is 0 Å². The zero-order valence-corrected chi connectivity index (χ0v) is 12.8. The van der Waals surface area contributed by atoms with Crippen molar-refractivity contribution in [3.05, 3.63) is 54.0 Å². The van der Waals surface area contributed by atoms with Gasteiger partial charge in [0.25, 0.3) is 5.91 Å². The average Bonchev–Trinajstić information content (AvgIpc) is 3.01. The fourth-order valence-corrected chi connectivity index (χ4v) is 2.11. The van der Waals surface area contributed by atoms with Gasteiger partial charge in [-0.1, -0.05) is 32.0 Å². The van der Waals surface area contributed by atoms with Crippen LogP contribution in [0.1, 0.15) is 42.3 Å². The number of rotatable bonds is 6. The van der Waals surface area contributed by atoms with Gasteiger partial charge >= 0.3 is 0 Å². The summed E-state index contributed by atoms with van der Waals surface area (Å²) in [7, 11) is 0. The Labute approximate surface area is 129 Å². The second kappa shape index (κ2) is 7.45. The van der Waals surface area contributed by atoms with Crippen LogP contribution in [0.2, 0.25) is 0 Å². The molecule has 0 spiro atoms. The van der Waals surface area contributed by atoms with E-state index in [2.05, 4.69) is 24.5 Å². The van der Waals surface area contributed by atoms with E-state index in [4.69, 9.17) is 4.42 Å². The average molecular weight is 300 g/mol. The summed E-state index contributed by atoms with van der Waals surface area (Å²) in [6.45, 7) is 4.42. The predicted molar refractivity (Wildman–Crippen MR) is 84.8 cm³/mol. The van der Waals surface area contributed by atoms with Crippen LogP contribution in [0.5, 0.6) is 0 Å². The van der Waals surface area contributed by atoms with Crippen molar-refractivity contribution >= 4 is 17.5 Å². The van der Waals surface area contributed by atoms with Crippen LogP contribution in [0.25, 0.3) is 0 Å². The van der Waals surface area contributed by atoms with Gasteiger partial charge in [-0.3, -0.25) is 9.59 Å². The molecular weight excluding hydrogens is 280 g/mol. The van der Waals surface area contributed by atoms with Gasteiger partial charge in [-0.2, -0.15) is 0 Å². The van der Waals surface area contributed by atoms with E-state index in [1.54, 1.807) is 12.1 Å². The van der Waals surface area contributed by atoms with Gasteiger partial charge in [-0.25, -0.2) is 0 Å². The second-order valence-corrected chi connectivity index (χ2v) is 5.27. The maximum atomic E-state index is 12.0. The zero-order valence-electron chi connectivity index (χ0n) is 12.8. The Bertz CT molecular complexity index is 633. The normalized spacial score (nSPS) is 10.5. The summed E-state index contributed by atoms with van der Waals surface area (Å²) >= 11 is 0. The Kier molecular flexibility index (Phi) is 5.36. The first-order valence-corrected chi connectivity index (χ1v) is 7.28. The van der Waals surface area contributed by atoms with Crippen LogP contribution in [0, 0.1) is 0 Å². The summed E-state index contributed by atoms with van der Waals surface area (Å²) < 4.78 is 4.98. The minimum absolute atomic E-state index is 0.132. The highest BCUT2D eigenvalue weighted by Gasteiger charge is 2.11. The van der Waals surface area contributed by atoms with Crippen molar-refractivity contribution in [3.63, 3.8) is 0 Å². The minimum atomic E-state index is -0.319. The van der Waals surface area contributed by atoms with Crippen LogP contribution in [-0.2, 0) is 4.79 Å². The first kappa shape index (κ1) is 15.8. The SMILES string of the molecule is CC(C)c1ccccc1NC(=O)CCNC(=O)c1ccco1. The number of benzene rings is 1. The zero-order chi connectivity index (χ0) is 15.9. The highest BCUT2D eigenvalue weighted by atomic mass is 16.3. The summed E-state index contributed by atoms with van der Waals surface area (Å²) in [6.07, 6.45) is 1.64. The van der Waals surface area contributed by atoms with Gasteiger partial charge in [-0.15, -0.1) is 0 Å². The molecule has 0 radical (unpaired) electrons. The topological polar surface area (TPSA) is 71.3 Å². The van der Waals surface area contributed by atoms with E-state index in [9.17, 15) is 9.59 Å². The smallest absolute Gasteiger partial charge is 0.286 e. The quantitative estimate of drug-likeness (QED) is 0.860. The molecule has 1 aromatic heterocycles. The van der Waals surface area contributed by atoms with Gasteiger partial charge in [-0.05, 0) is 29.7 Å². The van der Waals surface area contributed by atoms with Crippen molar-refractivity contribution in [1.29, 1.82) is 0 Å². The molecule has 1 heterocycles. The molecule has 0 saturated carbocycles. The molecule has 5 nitrogen and oxygen atoms in total. The van der Waals surface area contributed by atoms with Crippen LogP contribution in [0.15, 0.2) is 47.1 Å². The molecule has 0 aliphatic heterocycles. The summed E-state index contributed by atoms with van der Waals surface area (Å²) in [5, 5.41) is 5.53. The van der Waals surface area contributed by atoms with E-state index in [-0.39, 0.29) is 30.5 Å². The number of anilines is 1. The Hall–Kier alpha value is -2.56. The van der Waals surface area contributed by atoms with E-state index in [0.717, 1.165) is 11.3 Å². The molecule has 1 aromatic carbocycles. The van der Waals surface area contributed by atoms with Crippen LogP contribution < -0.4 is 10.6 Å². The van der Waals surface area contributed by atoms with E-state index in [1.165, 1.54) is 6.26 Å². The highest BCUT2D eigenvalue weighted by molar-refractivity contribution is 5.93. The maximum Gasteiger partial charge on any atom is 0.286 e. The van der Waals surface area contributed by atoms with Gasteiger partial charge in [0.2, 0.25) is 5.91 Å². The van der Waals surface area contributed by atoms with Crippen molar-refractivity contribution in [1.82, 2.24) is 5.32 Å². The number of carbonyl (C=O) groups excluding carboxylic acids is 2. The van der Waals surface area contributed by atoms with Crippen molar-refractivity contribution in [2.75, 3.05) is 11.9 Å². The first-order valence-electron chi connectivity index (χ1n) is 7.28. The highest BCUT2D eigenvalue weighted by Crippen LogP contribution is 2.23. The van der Waals surface area contributed by atoms with Crippen LogP contribution in [0.4, 0.5) is 5.69 Å². The third-order valence-corrected chi connectivity index (χ3v) is 3.24. The lowest BCUT2D eigenvalue weighted by Gasteiger charge is -2.13. The lowest BCUT2D eigenvalue weighted by atomic mass is 10.0. The number of nitrogens with one attached hydrogen (secondary N) is 2. The second-order valence-electron chi connectivity index (χ2n) is 5.27. The Balaban J connectivity index is 1.82. The van der Waals surface area contributed by atoms with Crippen molar-refractivity contribution in [2.45, 2.75) is 26.2 Å². The number of furan rings is 1. The molecule has 0 atom stereocenters. The predicted octanol–water partition coefficient (Wildman–Crippen LogP) is 3.16. The molecule has 2 amide bonds. The Morgan fingerprint density at radius 3 is 2.59 bits per heavy atom. The number of hydrogen-bond donors (Lipinski definition) is 2. The molecule has 0 fully saturated rings. The monoisotopic (exact) mass is 300 g/mol. The van der Waals surface area contributed by atoms with Gasteiger partial charge in [0.15, 0.2) is 5.76 Å². The molecule has 116 valence electrons. The summed E-state index contributed by atoms with van der Waals surface area (Å²) in [5.74, 6) is 0.119. The summed E-state index contributed by atoms with van der Waals surface area (Å²) in [4.78, 5) is 23.6. The molecule has 0 unspecified atom stereocenters. The molecule has 0 aliphatic carbocycles. The molecule has 22 heavy (non-hydrogen) atoms. The summed E-state index contributed by atoms with van der Waals surface area (Å²) in [6, 6.07) is 10.9. The molecule has 0 saturated heterocycles. The molecule has 2 rings (SSSR count). The molecule has 2 N–H and O–H groups in total. The van der Waals surface area contributed by atoms with E-state index >= 15 is 0 Å². The summed E-state index contributed by atoms with van der Waals surface area (Å²) in [5.41, 5.74) is 1.91. The van der Waals surface area contributed by atoms with Gasteiger partial charge < -0.3 is 15.1 Å². The third-order valence-electron chi connectivity index (χ3n) is 3.24.